The fraction of sp³-hybridized carbons (Fsp3) is 0.136. The first-order valence-corrected chi connectivity index (χ1v) is 11.5. The molecule has 3 heterocycles. The van der Waals surface area contributed by atoms with Crippen molar-refractivity contribution in [3.8, 4) is 17.2 Å². The van der Waals surface area contributed by atoms with Crippen LogP contribution in [0.3, 0.4) is 0 Å². The highest BCUT2D eigenvalue weighted by atomic mass is 32.2. The number of nitrogens with one attached hydrogen (secondary N) is 1. The summed E-state index contributed by atoms with van der Waals surface area (Å²) in [5, 5.41) is 4.96. The average Bonchev–Trinajstić information content (AvgIpc) is 3.42. The minimum absolute atomic E-state index is 0.0246. The molecule has 162 valence electrons. The summed E-state index contributed by atoms with van der Waals surface area (Å²) in [6.45, 7) is 1.88. The van der Waals surface area contributed by atoms with E-state index in [0.29, 0.717) is 43.8 Å². The maximum absolute atomic E-state index is 13.6. The van der Waals surface area contributed by atoms with Gasteiger partial charge in [-0.05, 0) is 54.3 Å². The predicted molar refractivity (Wildman–Crippen MR) is 122 cm³/mol. The molecule has 0 saturated carbocycles. The van der Waals surface area contributed by atoms with Crippen molar-refractivity contribution in [3.05, 3.63) is 69.6 Å². The summed E-state index contributed by atoms with van der Waals surface area (Å²) in [7, 11) is 0. The van der Waals surface area contributed by atoms with Gasteiger partial charge in [0.1, 0.15) is 10.5 Å². The number of carbonyl (C=O) groups excluding carboxylic acids is 1. The van der Waals surface area contributed by atoms with Crippen molar-refractivity contribution in [2.45, 2.75) is 12.1 Å². The van der Waals surface area contributed by atoms with Gasteiger partial charge in [0, 0.05) is 11.8 Å². The van der Waals surface area contributed by atoms with E-state index >= 15 is 0 Å². The quantitative estimate of drug-likeness (QED) is 0.346. The van der Waals surface area contributed by atoms with Crippen LogP contribution in [-0.2, 0) is 4.79 Å². The zero-order valence-electron chi connectivity index (χ0n) is 16.8. The Morgan fingerprint density at radius 3 is 2.91 bits per heavy atom. The Hall–Kier alpha value is -3.37. The molecule has 1 aliphatic rings. The SMILES string of the molecule is Cc1cc(F)ccc1-n1c(SCC(=O)Nc2ccc3c(c2)OCO3)nc2ccsc2c1=O. The fourth-order valence-corrected chi connectivity index (χ4v) is 4.94. The molecule has 32 heavy (non-hydrogen) atoms. The summed E-state index contributed by atoms with van der Waals surface area (Å²) in [6, 6.07) is 11.1. The minimum atomic E-state index is -0.387. The second-order valence-corrected chi connectivity index (χ2v) is 8.86. The lowest BCUT2D eigenvalue weighted by Gasteiger charge is -2.14. The molecule has 0 bridgehead atoms. The molecule has 2 aromatic heterocycles. The Morgan fingerprint density at radius 2 is 2.06 bits per heavy atom. The molecule has 10 heteroatoms. The van der Waals surface area contributed by atoms with Crippen molar-refractivity contribution in [2.75, 3.05) is 17.9 Å². The van der Waals surface area contributed by atoms with Gasteiger partial charge in [0.05, 0.1) is 17.0 Å². The van der Waals surface area contributed by atoms with E-state index in [1.54, 1.807) is 42.6 Å². The van der Waals surface area contributed by atoms with Gasteiger partial charge in [-0.2, -0.15) is 0 Å². The van der Waals surface area contributed by atoms with Crippen LogP contribution in [0.25, 0.3) is 15.9 Å². The number of ether oxygens (including phenoxy) is 2. The van der Waals surface area contributed by atoms with Crippen LogP contribution >= 0.6 is 23.1 Å². The number of aromatic nitrogens is 2. The first kappa shape index (κ1) is 20.5. The van der Waals surface area contributed by atoms with E-state index in [4.69, 9.17) is 9.47 Å². The highest BCUT2D eigenvalue weighted by Crippen LogP contribution is 2.34. The number of anilines is 1. The maximum Gasteiger partial charge on any atom is 0.276 e. The molecule has 0 atom stereocenters. The number of rotatable bonds is 5. The van der Waals surface area contributed by atoms with E-state index in [-0.39, 0.29) is 29.8 Å². The smallest absolute Gasteiger partial charge is 0.276 e. The number of carbonyl (C=O) groups is 1. The summed E-state index contributed by atoms with van der Waals surface area (Å²) in [4.78, 5) is 30.4. The summed E-state index contributed by atoms with van der Waals surface area (Å²) in [6.07, 6.45) is 0. The standard InChI is InChI=1S/C22H16FN3O4S2/c1-12-8-13(23)2-4-16(12)26-21(28)20-15(6-7-31-20)25-22(26)32-10-19(27)24-14-3-5-17-18(9-14)30-11-29-17/h2-9H,10-11H2,1H3,(H,24,27). The third kappa shape index (κ3) is 3.82. The molecule has 1 N–H and O–H groups in total. The van der Waals surface area contributed by atoms with Crippen LogP contribution in [0.15, 0.2) is 57.8 Å². The number of thiophene rings is 1. The number of amides is 1. The van der Waals surface area contributed by atoms with Crippen LogP contribution < -0.4 is 20.3 Å². The monoisotopic (exact) mass is 469 g/mol. The minimum Gasteiger partial charge on any atom is -0.454 e. The van der Waals surface area contributed by atoms with Gasteiger partial charge in [-0.1, -0.05) is 11.8 Å². The van der Waals surface area contributed by atoms with Crippen molar-refractivity contribution < 1.29 is 18.7 Å². The number of nitrogens with zero attached hydrogens (tertiary/aromatic N) is 2. The average molecular weight is 470 g/mol. The Kier molecular flexibility index (Phi) is 5.32. The van der Waals surface area contributed by atoms with Crippen molar-refractivity contribution >= 4 is 44.9 Å². The molecule has 0 saturated heterocycles. The molecule has 1 amide bonds. The van der Waals surface area contributed by atoms with E-state index < -0.39 is 0 Å². The molecule has 0 spiro atoms. The molecule has 0 fully saturated rings. The van der Waals surface area contributed by atoms with Crippen LogP contribution in [0.1, 0.15) is 5.56 Å². The molecule has 0 unspecified atom stereocenters. The van der Waals surface area contributed by atoms with Gasteiger partial charge in [-0.3, -0.25) is 14.2 Å². The highest BCUT2D eigenvalue weighted by molar-refractivity contribution is 7.99. The maximum atomic E-state index is 13.6. The Morgan fingerprint density at radius 1 is 1.22 bits per heavy atom. The van der Waals surface area contributed by atoms with Gasteiger partial charge in [0.15, 0.2) is 16.7 Å². The lowest BCUT2D eigenvalue weighted by Crippen LogP contribution is -2.23. The van der Waals surface area contributed by atoms with E-state index in [2.05, 4.69) is 10.3 Å². The lowest BCUT2D eigenvalue weighted by molar-refractivity contribution is -0.113. The van der Waals surface area contributed by atoms with Gasteiger partial charge in [0.2, 0.25) is 12.7 Å². The molecule has 4 aromatic rings. The van der Waals surface area contributed by atoms with E-state index in [1.807, 2.05) is 0 Å². The number of fused-ring (bicyclic) bond motifs is 2. The topological polar surface area (TPSA) is 82.5 Å². The van der Waals surface area contributed by atoms with Crippen LogP contribution in [0, 0.1) is 12.7 Å². The van der Waals surface area contributed by atoms with Gasteiger partial charge in [0.25, 0.3) is 5.56 Å². The van der Waals surface area contributed by atoms with Crippen LogP contribution in [0.4, 0.5) is 10.1 Å². The van der Waals surface area contributed by atoms with Crippen LogP contribution in [0.5, 0.6) is 11.5 Å². The normalized spacial score (nSPS) is 12.3. The van der Waals surface area contributed by atoms with E-state index in [1.165, 1.54) is 28.0 Å². The number of benzene rings is 2. The Balaban J connectivity index is 1.43. The fourth-order valence-electron chi connectivity index (χ4n) is 3.37. The summed E-state index contributed by atoms with van der Waals surface area (Å²) >= 11 is 2.43. The van der Waals surface area contributed by atoms with Crippen molar-refractivity contribution in [1.82, 2.24) is 9.55 Å². The zero-order valence-corrected chi connectivity index (χ0v) is 18.4. The number of aryl methyl sites for hydroxylation is 1. The van der Waals surface area contributed by atoms with Crippen molar-refractivity contribution in [2.24, 2.45) is 0 Å². The molecule has 2 aromatic carbocycles. The molecule has 1 aliphatic heterocycles. The number of hydrogen-bond donors (Lipinski definition) is 1. The number of halogens is 1. The molecular formula is C22H16FN3O4S2. The number of thioether (sulfide) groups is 1. The summed E-state index contributed by atoms with van der Waals surface area (Å²) in [5.41, 5.74) is 2.01. The first-order chi connectivity index (χ1) is 15.5. The highest BCUT2D eigenvalue weighted by Gasteiger charge is 2.18. The number of hydrogen-bond acceptors (Lipinski definition) is 7. The van der Waals surface area contributed by atoms with Crippen LogP contribution in [0.2, 0.25) is 0 Å². The lowest BCUT2D eigenvalue weighted by atomic mass is 10.2. The molecule has 0 radical (unpaired) electrons. The predicted octanol–water partition coefficient (Wildman–Crippen LogP) is 4.35. The third-order valence-electron chi connectivity index (χ3n) is 4.84. The van der Waals surface area contributed by atoms with Crippen LogP contribution in [-0.4, -0.2) is 28.0 Å². The van der Waals surface area contributed by atoms with E-state index in [0.717, 1.165) is 11.8 Å². The first-order valence-electron chi connectivity index (χ1n) is 9.59. The largest absolute Gasteiger partial charge is 0.454 e. The van der Waals surface area contributed by atoms with Crippen molar-refractivity contribution in [3.63, 3.8) is 0 Å². The van der Waals surface area contributed by atoms with Gasteiger partial charge in [-0.25, -0.2) is 9.37 Å². The molecule has 5 rings (SSSR count). The molecule has 7 nitrogen and oxygen atoms in total. The van der Waals surface area contributed by atoms with Gasteiger partial charge < -0.3 is 14.8 Å². The molecule has 0 aliphatic carbocycles. The van der Waals surface area contributed by atoms with Gasteiger partial charge in [-0.15, -0.1) is 11.3 Å². The second kappa shape index (κ2) is 8.29. The van der Waals surface area contributed by atoms with Crippen molar-refractivity contribution in [1.29, 1.82) is 0 Å². The van der Waals surface area contributed by atoms with Gasteiger partial charge >= 0.3 is 0 Å². The molecular weight excluding hydrogens is 453 g/mol. The third-order valence-corrected chi connectivity index (χ3v) is 6.67. The summed E-state index contributed by atoms with van der Waals surface area (Å²) in [5.74, 6) is 0.569. The van der Waals surface area contributed by atoms with E-state index in [9.17, 15) is 14.0 Å². The Bertz CT molecular complexity index is 1420. The zero-order chi connectivity index (χ0) is 22.2. The Labute approximate surface area is 189 Å². The second-order valence-electron chi connectivity index (χ2n) is 7.01. The summed E-state index contributed by atoms with van der Waals surface area (Å²) < 4.78 is 26.2.